The van der Waals surface area contributed by atoms with Gasteiger partial charge in [0.25, 0.3) is 0 Å². The Hall–Kier alpha value is -2.34. The summed E-state index contributed by atoms with van der Waals surface area (Å²) in [6, 6.07) is 9.85. The summed E-state index contributed by atoms with van der Waals surface area (Å²) >= 11 is 0. The zero-order valence-corrected chi connectivity index (χ0v) is 13.2. The van der Waals surface area contributed by atoms with E-state index in [0.29, 0.717) is 25.3 Å². The highest BCUT2D eigenvalue weighted by Gasteiger charge is 2.27. The SMILES string of the molecule is CC1CCN(C(=O)Nc2cnn(Cc3ccccc3)c2)CC1O. The minimum Gasteiger partial charge on any atom is -0.391 e. The van der Waals surface area contributed by atoms with Crippen molar-refractivity contribution in [3.05, 3.63) is 48.3 Å². The maximum atomic E-state index is 12.3. The number of nitrogens with one attached hydrogen (secondary N) is 1. The van der Waals surface area contributed by atoms with Crippen LogP contribution in [0.25, 0.3) is 0 Å². The highest BCUT2D eigenvalue weighted by molar-refractivity contribution is 5.89. The zero-order chi connectivity index (χ0) is 16.2. The average molecular weight is 314 g/mol. The van der Waals surface area contributed by atoms with Gasteiger partial charge in [0.05, 0.1) is 24.5 Å². The van der Waals surface area contributed by atoms with Gasteiger partial charge in [-0.1, -0.05) is 37.3 Å². The van der Waals surface area contributed by atoms with Crippen LogP contribution in [-0.2, 0) is 6.54 Å². The van der Waals surface area contributed by atoms with Crippen LogP contribution in [0.1, 0.15) is 18.9 Å². The summed E-state index contributed by atoms with van der Waals surface area (Å²) in [4.78, 5) is 13.9. The Bertz CT molecular complexity index is 656. The van der Waals surface area contributed by atoms with Crippen molar-refractivity contribution >= 4 is 11.7 Å². The molecule has 0 bridgehead atoms. The number of likely N-dealkylation sites (tertiary alicyclic amines) is 1. The van der Waals surface area contributed by atoms with Gasteiger partial charge in [0.2, 0.25) is 0 Å². The number of amides is 2. The minimum absolute atomic E-state index is 0.185. The molecular weight excluding hydrogens is 292 g/mol. The van der Waals surface area contributed by atoms with Gasteiger partial charge in [0.15, 0.2) is 0 Å². The smallest absolute Gasteiger partial charge is 0.322 e. The number of urea groups is 1. The van der Waals surface area contributed by atoms with Gasteiger partial charge in [-0.25, -0.2) is 4.79 Å². The Morgan fingerprint density at radius 1 is 1.39 bits per heavy atom. The highest BCUT2D eigenvalue weighted by Crippen LogP contribution is 2.18. The molecule has 1 saturated heterocycles. The number of aliphatic hydroxyl groups is 1. The normalized spacial score (nSPS) is 21.2. The van der Waals surface area contributed by atoms with E-state index in [4.69, 9.17) is 0 Å². The lowest BCUT2D eigenvalue weighted by Crippen LogP contribution is -2.47. The van der Waals surface area contributed by atoms with Crippen molar-refractivity contribution in [3.63, 3.8) is 0 Å². The molecule has 6 nitrogen and oxygen atoms in total. The summed E-state index contributed by atoms with van der Waals surface area (Å²) < 4.78 is 1.79. The molecule has 1 aliphatic rings. The Morgan fingerprint density at radius 3 is 2.91 bits per heavy atom. The van der Waals surface area contributed by atoms with E-state index >= 15 is 0 Å². The first-order valence-corrected chi connectivity index (χ1v) is 7.92. The number of rotatable bonds is 3. The van der Waals surface area contributed by atoms with Gasteiger partial charge in [0, 0.05) is 19.3 Å². The van der Waals surface area contributed by atoms with Crippen molar-refractivity contribution in [1.82, 2.24) is 14.7 Å². The topological polar surface area (TPSA) is 70.4 Å². The summed E-state index contributed by atoms with van der Waals surface area (Å²) in [7, 11) is 0. The van der Waals surface area contributed by atoms with Crippen LogP contribution < -0.4 is 5.32 Å². The molecule has 2 N–H and O–H groups in total. The van der Waals surface area contributed by atoms with Crippen molar-refractivity contribution in [2.75, 3.05) is 18.4 Å². The quantitative estimate of drug-likeness (QED) is 0.912. The third-order valence-electron chi connectivity index (χ3n) is 4.28. The molecule has 0 radical (unpaired) electrons. The summed E-state index contributed by atoms with van der Waals surface area (Å²) in [5, 5.41) is 17.0. The first kappa shape index (κ1) is 15.6. The van der Waals surface area contributed by atoms with Crippen LogP contribution in [-0.4, -0.2) is 45.0 Å². The van der Waals surface area contributed by atoms with Gasteiger partial charge in [-0.3, -0.25) is 4.68 Å². The number of nitrogens with zero attached hydrogens (tertiary/aromatic N) is 3. The van der Waals surface area contributed by atoms with Crippen molar-refractivity contribution in [2.24, 2.45) is 5.92 Å². The third kappa shape index (κ3) is 3.90. The summed E-state index contributed by atoms with van der Waals surface area (Å²) in [5.74, 6) is 0.243. The molecule has 6 heteroatoms. The van der Waals surface area contributed by atoms with Crippen molar-refractivity contribution in [2.45, 2.75) is 26.0 Å². The Labute approximate surface area is 135 Å². The Morgan fingerprint density at radius 2 is 2.17 bits per heavy atom. The number of anilines is 1. The van der Waals surface area contributed by atoms with Crippen LogP contribution in [0.5, 0.6) is 0 Å². The minimum atomic E-state index is -0.449. The molecule has 0 aliphatic carbocycles. The predicted octanol–water partition coefficient (Wildman–Crippen LogP) is 2.17. The van der Waals surface area contributed by atoms with Crippen LogP contribution in [0.2, 0.25) is 0 Å². The van der Waals surface area contributed by atoms with Crippen molar-refractivity contribution < 1.29 is 9.90 Å². The van der Waals surface area contributed by atoms with Crippen LogP contribution in [0.3, 0.4) is 0 Å². The number of benzene rings is 1. The van der Waals surface area contributed by atoms with Gasteiger partial charge in [-0.15, -0.1) is 0 Å². The second-order valence-electron chi connectivity index (χ2n) is 6.12. The van der Waals surface area contributed by atoms with E-state index in [2.05, 4.69) is 10.4 Å². The van der Waals surface area contributed by atoms with Gasteiger partial charge in [-0.05, 0) is 17.9 Å². The van der Waals surface area contributed by atoms with Gasteiger partial charge in [0.1, 0.15) is 0 Å². The number of β-amino-alcohol motifs (C(OH)–C–C–N with tert-alkyl or cyclic N) is 1. The Balaban J connectivity index is 1.57. The standard InChI is InChI=1S/C17H22N4O2/c1-13-7-8-20(12-16(13)22)17(23)19-15-9-18-21(11-15)10-14-5-3-2-4-6-14/h2-6,9,11,13,16,22H,7-8,10,12H2,1H3,(H,19,23). The average Bonchev–Trinajstić information content (AvgIpc) is 2.98. The lowest BCUT2D eigenvalue weighted by molar-refractivity contribution is 0.0464. The largest absolute Gasteiger partial charge is 0.391 e. The molecule has 3 rings (SSSR count). The van der Waals surface area contributed by atoms with Crippen LogP contribution in [0.15, 0.2) is 42.7 Å². The molecule has 2 unspecified atom stereocenters. The first-order valence-electron chi connectivity index (χ1n) is 7.92. The molecule has 23 heavy (non-hydrogen) atoms. The molecule has 2 atom stereocenters. The first-order chi connectivity index (χ1) is 11.1. The van der Waals surface area contributed by atoms with Crippen molar-refractivity contribution in [1.29, 1.82) is 0 Å². The molecule has 2 heterocycles. The molecule has 1 fully saturated rings. The molecular formula is C17H22N4O2. The predicted molar refractivity (Wildman–Crippen MR) is 88.2 cm³/mol. The molecule has 0 spiro atoms. The van der Waals surface area contributed by atoms with E-state index in [-0.39, 0.29) is 11.9 Å². The monoisotopic (exact) mass is 314 g/mol. The third-order valence-corrected chi connectivity index (χ3v) is 4.28. The second-order valence-corrected chi connectivity index (χ2v) is 6.12. The fourth-order valence-electron chi connectivity index (χ4n) is 2.72. The number of carbonyl (C=O) groups excluding carboxylic acids is 1. The van der Waals surface area contributed by atoms with Crippen LogP contribution in [0, 0.1) is 5.92 Å². The van der Waals surface area contributed by atoms with Gasteiger partial charge in [-0.2, -0.15) is 5.10 Å². The van der Waals surface area contributed by atoms with E-state index in [9.17, 15) is 9.90 Å². The van der Waals surface area contributed by atoms with Crippen LogP contribution >= 0.6 is 0 Å². The summed E-state index contributed by atoms with van der Waals surface area (Å²) in [6.07, 6.45) is 3.83. The molecule has 1 aromatic heterocycles. The van der Waals surface area contributed by atoms with E-state index in [1.165, 1.54) is 0 Å². The van der Waals surface area contributed by atoms with E-state index in [1.807, 2.05) is 43.5 Å². The van der Waals surface area contributed by atoms with E-state index in [0.717, 1.165) is 12.0 Å². The number of carbonyl (C=O) groups is 1. The molecule has 122 valence electrons. The number of hydrogen-bond donors (Lipinski definition) is 2. The fourth-order valence-corrected chi connectivity index (χ4v) is 2.72. The van der Waals surface area contributed by atoms with Gasteiger partial charge >= 0.3 is 6.03 Å². The number of aliphatic hydroxyl groups excluding tert-OH is 1. The lowest BCUT2D eigenvalue weighted by Gasteiger charge is -2.34. The summed E-state index contributed by atoms with van der Waals surface area (Å²) in [6.45, 7) is 3.72. The van der Waals surface area contributed by atoms with E-state index in [1.54, 1.807) is 15.8 Å². The molecule has 2 aromatic rings. The fraction of sp³-hybridized carbons (Fsp3) is 0.412. The zero-order valence-electron chi connectivity index (χ0n) is 13.2. The van der Waals surface area contributed by atoms with Crippen molar-refractivity contribution in [3.8, 4) is 0 Å². The maximum absolute atomic E-state index is 12.3. The molecule has 1 aromatic carbocycles. The number of hydrogen-bond acceptors (Lipinski definition) is 3. The van der Waals surface area contributed by atoms with Crippen LogP contribution in [0.4, 0.5) is 10.5 Å². The highest BCUT2D eigenvalue weighted by atomic mass is 16.3. The molecule has 1 aliphatic heterocycles. The Kier molecular flexibility index (Phi) is 4.62. The molecule has 0 saturated carbocycles. The maximum Gasteiger partial charge on any atom is 0.322 e. The number of aromatic nitrogens is 2. The molecule has 2 amide bonds. The van der Waals surface area contributed by atoms with Gasteiger partial charge < -0.3 is 15.3 Å². The summed E-state index contributed by atoms with van der Waals surface area (Å²) in [5.41, 5.74) is 1.82. The lowest BCUT2D eigenvalue weighted by atomic mass is 9.96. The number of piperidine rings is 1. The second kappa shape index (κ2) is 6.83. The van der Waals surface area contributed by atoms with E-state index < -0.39 is 6.10 Å².